The Morgan fingerprint density at radius 2 is 1.81 bits per heavy atom. The Labute approximate surface area is 185 Å². The third-order valence-electron chi connectivity index (χ3n) is 7.07. The molecule has 3 unspecified atom stereocenters. The lowest BCUT2D eigenvalue weighted by Gasteiger charge is -2.39. The normalized spacial score (nSPS) is 24.7. The van der Waals surface area contributed by atoms with Crippen LogP contribution in [0.25, 0.3) is 0 Å². The monoisotopic (exact) mass is 416 g/mol. The van der Waals surface area contributed by atoms with Crippen molar-refractivity contribution in [3.05, 3.63) is 71.3 Å². The van der Waals surface area contributed by atoms with E-state index in [1.165, 1.54) is 24.0 Å². The molecule has 162 valence electrons. The number of allylic oxidation sites excluding steroid dienone is 2. The average molecular weight is 417 g/mol. The van der Waals surface area contributed by atoms with Crippen LogP contribution in [0.15, 0.2) is 54.6 Å². The number of anilines is 1. The summed E-state index contributed by atoms with van der Waals surface area (Å²) in [5.41, 5.74) is 4.27. The van der Waals surface area contributed by atoms with Crippen LogP contribution in [0.4, 0.5) is 5.69 Å². The van der Waals surface area contributed by atoms with Gasteiger partial charge in [0.25, 0.3) is 5.91 Å². The van der Waals surface area contributed by atoms with Crippen molar-refractivity contribution in [1.29, 1.82) is 0 Å². The summed E-state index contributed by atoms with van der Waals surface area (Å²) in [6.45, 7) is 4.40. The molecule has 1 saturated heterocycles. The van der Waals surface area contributed by atoms with Gasteiger partial charge in [-0.15, -0.1) is 0 Å². The summed E-state index contributed by atoms with van der Waals surface area (Å²) in [4.78, 5) is 15.6. The number of ether oxygens (including phenoxy) is 1. The smallest absolute Gasteiger partial charge is 0.255 e. The highest BCUT2D eigenvalue weighted by Crippen LogP contribution is 2.52. The summed E-state index contributed by atoms with van der Waals surface area (Å²) < 4.78 is 5.98. The number of rotatable bonds is 4. The van der Waals surface area contributed by atoms with Crippen LogP contribution >= 0.6 is 0 Å². The molecule has 5 rings (SSSR count). The number of para-hydroxylation sites is 2. The number of benzene rings is 2. The minimum atomic E-state index is 0.119. The molecule has 0 bridgehead atoms. The number of hydrogen-bond donors (Lipinski definition) is 1. The number of nitrogens with zero attached hydrogens (tertiary/aromatic N) is 1. The molecule has 2 aromatic carbocycles. The average Bonchev–Trinajstić information content (AvgIpc) is 3.14. The lowest BCUT2D eigenvalue weighted by Crippen LogP contribution is -2.35. The SMILES string of the molecule is CCOc1ccccc1C1Nc2c(C(=O)N3CCCCCC3)cccc2C2C=CCC21. The molecule has 0 radical (unpaired) electrons. The maximum Gasteiger partial charge on any atom is 0.255 e. The first-order chi connectivity index (χ1) is 15.3. The summed E-state index contributed by atoms with van der Waals surface area (Å²) in [6, 6.07) is 14.7. The van der Waals surface area contributed by atoms with E-state index in [1.54, 1.807) is 0 Å². The maximum absolute atomic E-state index is 13.6. The van der Waals surface area contributed by atoms with Crippen molar-refractivity contribution in [1.82, 2.24) is 4.90 Å². The topological polar surface area (TPSA) is 41.6 Å². The van der Waals surface area contributed by atoms with Crippen LogP contribution in [0.2, 0.25) is 0 Å². The molecule has 2 aliphatic heterocycles. The van der Waals surface area contributed by atoms with Gasteiger partial charge < -0.3 is 15.0 Å². The van der Waals surface area contributed by atoms with Gasteiger partial charge >= 0.3 is 0 Å². The highest BCUT2D eigenvalue weighted by atomic mass is 16.5. The van der Waals surface area contributed by atoms with Crippen LogP contribution in [0.1, 0.15) is 72.5 Å². The van der Waals surface area contributed by atoms with E-state index < -0.39 is 0 Å². The van der Waals surface area contributed by atoms with Gasteiger partial charge in [-0.05, 0) is 49.8 Å². The van der Waals surface area contributed by atoms with Crippen LogP contribution in [0, 0.1) is 5.92 Å². The Morgan fingerprint density at radius 3 is 2.61 bits per heavy atom. The van der Waals surface area contributed by atoms with Gasteiger partial charge in [-0.25, -0.2) is 0 Å². The Hall–Kier alpha value is -2.75. The van der Waals surface area contributed by atoms with Gasteiger partial charge in [0, 0.05) is 24.6 Å². The first-order valence-electron chi connectivity index (χ1n) is 11.8. The van der Waals surface area contributed by atoms with Gasteiger partial charge in [-0.3, -0.25) is 4.79 Å². The van der Waals surface area contributed by atoms with Crippen molar-refractivity contribution >= 4 is 11.6 Å². The summed E-state index contributed by atoms with van der Waals surface area (Å²) >= 11 is 0. The fourth-order valence-electron chi connectivity index (χ4n) is 5.58. The number of fused-ring (bicyclic) bond motifs is 3. The maximum atomic E-state index is 13.6. The minimum absolute atomic E-state index is 0.119. The van der Waals surface area contributed by atoms with Gasteiger partial charge in [0.1, 0.15) is 5.75 Å². The van der Waals surface area contributed by atoms with Gasteiger partial charge in [0.05, 0.1) is 23.9 Å². The largest absolute Gasteiger partial charge is 0.494 e. The molecule has 1 amide bonds. The van der Waals surface area contributed by atoms with Crippen molar-refractivity contribution < 1.29 is 9.53 Å². The third-order valence-corrected chi connectivity index (χ3v) is 7.07. The Morgan fingerprint density at radius 1 is 1.03 bits per heavy atom. The summed E-state index contributed by atoms with van der Waals surface area (Å²) in [5.74, 6) is 1.86. The van der Waals surface area contributed by atoms with Crippen molar-refractivity contribution in [3.8, 4) is 5.75 Å². The molecule has 3 aliphatic rings. The van der Waals surface area contributed by atoms with E-state index in [1.807, 2.05) is 19.1 Å². The van der Waals surface area contributed by atoms with Gasteiger partial charge in [0.2, 0.25) is 0 Å². The number of nitrogens with one attached hydrogen (secondary N) is 1. The highest BCUT2D eigenvalue weighted by Gasteiger charge is 2.40. The molecule has 1 N–H and O–H groups in total. The van der Waals surface area contributed by atoms with Crippen molar-refractivity contribution in [2.45, 2.75) is 51.0 Å². The highest BCUT2D eigenvalue weighted by molar-refractivity contribution is 6.01. The van der Waals surface area contributed by atoms with Crippen LogP contribution < -0.4 is 10.1 Å². The Bertz CT molecular complexity index is 975. The number of carbonyl (C=O) groups excluding carboxylic acids is 1. The molecule has 3 atom stereocenters. The molecule has 4 heteroatoms. The Balaban J connectivity index is 1.55. The van der Waals surface area contributed by atoms with E-state index in [2.05, 4.69) is 52.7 Å². The van der Waals surface area contributed by atoms with Crippen LogP contribution in [-0.2, 0) is 0 Å². The van der Waals surface area contributed by atoms with Crippen molar-refractivity contribution in [3.63, 3.8) is 0 Å². The fraction of sp³-hybridized carbons (Fsp3) is 0.444. The van der Waals surface area contributed by atoms with Crippen molar-refractivity contribution in [2.75, 3.05) is 25.0 Å². The van der Waals surface area contributed by atoms with E-state index in [0.717, 1.165) is 49.4 Å². The van der Waals surface area contributed by atoms with Gasteiger partial charge in [0.15, 0.2) is 0 Å². The summed E-state index contributed by atoms with van der Waals surface area (Å²) in [5, 5.41) is 3.82. The molecule has 1 aliphatic carbocycles. The predicted molar refractivity (Wildman–Crippen MR) is 125 cm³/mol. The second kappa shape index (κ2) is 8.78. The fourth-order valence-corrected chi connectivity index (χ4v) is 5.58. The number of likely N-dealkylation sites (tertiary alicyclic amines) is 1. The molecule has 1 fully saturated rings. The minimum Gasteiger partial charge on any atom is -0.494 e. The van der Waals surface area contributed by atoms with Crippen LogP contribution in [0.3, 0.4) is 0 Å². The number of hydrogen-bond acceptors (Lipinski definition) is 3. The second-order valence-electron chi connectivity index (χ2n) is 8.92. The quantitative estimate of drug-likeness (QED) is 0.628. The zero-order valence-electron chi connectivity index (χ0n) is 18.3. The van der Waals surface area contributed by atoms with Crippen LogP contribution in [-0.4, -0.2) is 30.5 Å². The van der Waals surface area contributed by atoms with E-state index >= 15 is 0 Å². The third kappa shape index (κ3) is 3.73. The first kappa shape index (κ1) is 20.2. The molecule has 2 aromatic rings. The molecule has 2 heterocycles. The lowest BCUT2D eigenvalue weighted by molar-refractivity contribution is 0.0762. The summed E-state index contributed by atoms with van der Waals surface area (Å²) in [7, 11) is 0. The number of amides is 1. The predicted octanol–water partition coefficient (Wildman–Crippen LogP) is 5.93. The van der Waals surface area contributed by atoms with Crippen LogP contribution in [0.5, 0.6) is 5.75 Å². The second-order valence-corrected chi connectivity index (χ2v) is 8.92. The molecule has 31 heavy (non-hydrogen) atoms. The van der Waals surface area contributed by atoms with E-state index in [-0.39, 0.29) is 11.9 Å². The molecular formula is C27H32N2O2. The lowest BCUT2D eigenvalue weighted by atomic mass is 9.76. The van der Waals surface area contributed by atoms with E-state index in [0.29, 0.717) is 18.4 Å². The molecule has 4 nitrogen and oxygen atoms in total. The van der Waals surface area contributed by atoms with Gasteiger partial charge in [-0.2, -0.15) is 0 Å². The standard InChI is InChI=1S/C27H32N2O2/c1-2-31-24-16-6-5-11-22(24)25-20-13-9-12-19(20)21-14-10-15-23(26(21)28-25)27(30)29-17-7-3-4-8-18-29/h5-6,9-12,14-16,19-20,25,28H,2-4,7-8,13,17-18H2,1H3. The van der Waals surface area contributed by atoms with Crippen molar-refractivity contribution in [2.24, 2.45) is 5.92 Å². The first-order valence-corrected chi connectivity index (χ1v) is 11.8. The molecule has 0 saturated carbocycles. The molecule has 0 aromatic heterocycles. The zero-order valence-corrected chi connectivity index (χ0v) is 18.3. The van der Waals surface area contributed by atoms with E-state index in [4.69, 9.17) is 4.74 Å². The molecule has 0 spiro atoms. The van der Waals surface area contributed by atoms with E-state index in [9.17, 15) is 4.79 Å². The number of carbonyl (C=O) groups is 1. The summed E-state index contributed by atoms with van der Waals surface area (Å²) in [6.07, 6.45) is 10.3. The molecular weight excluding hydrogens is 384 g/mol. The Kier molecular flexibility index (Phi) is 5.71. The zero-order chi connectivity index (χ0) is 21.2. The van der Waals surface area contributed by atoms with Gasteiger partial charge in [-0.1, -0.05) is 55.3 Å².